The summed E-state index contributed by atoms with van der Waals surface area (Å²) >= 11 is 0. The van der Waals surface area contributed by atoms with E-state index in [0.29, 0.717) is 0 Å². The van der Waals surface area contributed by atoms with Gasteiger partial charge in [0.15, 0.2) is 0 Å². The van der Waals surface area contributed by atoms with E-state index in [1.807, 2.05) is 0 Å². The molecule has 112 valence electrons. The summed E-state index contributed by atoms with van der Waals surface area (Å²) in [5, 5.41) is 0. The molecule has 1 aromatic rings. The Bertz CT molecular complexity index is 391. The van der Waals surface area contributed by atoms with Crippen molar-refractivity contribution in [1.29, 1.82) is 0 Å². The molecule has 0 radical (unpaired) electrons. The van der Waals surface area contributed by atoms with Crippen LogP contribution in [0.2, 0.25) is 0 Å². The van der Waals surface area contributed by atoms with E-state index >= 15 is 0 Å². The molecular weight excluding hydrogens is 244 g/mol. The minimum atomic E-state index is 0.227. The van der Waals surface area contributed by atoms with E-state index < -0.39 is 0 Å². The standard InChI is InChI=1S/C18H30N2/c1-18(2,13-19)14-20(3)17-11-9-16(10-12-17)15-7-5-4-6-8-15/h4-8,16-17H,9-14,19H2,1-3H3. The van der Waals surface area contributed by atoms with E-state index in [1.54, 1.807) is 0 Å². The van der Waals surface area contributed by atoms with Gasteiger partial charge in [-0.3, -0.25) is 0 Å². The first kappa shape index (κ1) is 15.5. The number of benzene rings is 1. The summed E-state index contributed by atoms with van der Waals surface area (Å²) in [5.41, 5.74) is 7.61. The molecule has 2 rings (SSSR count). The number of hydrogen-bond donors (Lipinski definition) is 1. The third-order valence-corrected chi connectivity index (χ3v) is 4.82. The lowest BCUT2D eigenvalue weighted by Crippen LogP contribution is -2.43. The Kier molecular flexibility index (Phi) is 5.22. The smallest absolute Gasteiger partial charge is 0.00928 e. The van der Waals surface area contributed by atoms with Crippen molar-refractivity contribution in [3.8, 4) is 0 Å². The van der Waals surface area contributed by atoms with Crippen molar-refractivity contribution >= 4 is 0 Å². The summed E-state index contributed by atoms with van der Waals surface area (Å²) in [4.78, 5) is 2.54. The van der Waals surface area contributed by atoms with E-state index in [0.717, 1.165) is 25.0 Å². The molecule has 0 aliphatic heterocycles. The molecule has 2 heteroatoms. The lowest BCUT2D eigenvalue weighted by Gasteiger charge is -2.38. The molecule has 20 heavy (non-hydrogen) atoms. The number of nitrogens with two attached hydrogens (primary N) is 1. The van der Waals surface area contributed by atoms with Crippen LogP contribution in [0.1, 0.15) is 51.0 Å². The molecule has 0 atom stereocenters. The summed E-state index contributed by atoms with van der Waals surface area (Å²) < 4.78 is 0. The highest BCUT2D eigenvalue weighted by atomic mass is 15.1. The zero-order valence-corrected chi connectivity index (χ0v) is 13.3. The predicted molar refractivity (Wildman–Crippen MR) is 86.9 cm³/mol. The van der Waals surface area contributed by atoms with Gasteiger partial charge in [-0.2, -0.15) is 0 Å². The molecule has 1 aliphatic rings. The highest BCUT2D eigenvalue weighted by Gasteiger charge is 2.27. The molecule has 0 amide bonds. The van der Waals surface area contributed by atoms with Crippen molar-refractivity contribution in [3.63, 3.8) is 0 Å². The normalized spacial score (nSPS) is 24.1. The molecule has 1 aliphatic carbocycles. The van der Waals surface area contributed by atoms with E-state index in [1.165, 1.54) is 31.2 Å². The van der Waals surface area contributed by atoms with Crippen molar-refractivity contribution in [3.05, 3.63) is 35.9 Å². The van der Waals surface area contributed by atoms with Gasteiger partial charge in [0.25, 0.3) is 0 Å². The average Bonchev–Trinajstić information content (AvgIpc) is 2.48. The van der Waals surface area contributed by atoms with Crippen LogP contribution in [-0.2, 0) is 0 Å². The monoisotopic (exact) mass is 274 g/mol. The zero-order valence-electron chi connectivity index (χ0n) is 13.3. The highest BCUT2D eigenvalue weighted by Crippen LogP contribution is 2.34. The van der Waals surface area contributed by atoms with Crippen molar-refractivity contribution in [1.82, 2.24) is 4.90 Å². The van der Waals surface area contributed by atoms with Crippen LogP contribution in [0.3, 0.4) is 0 Å². The second-order valence-electron chi connectivity index (χ2n) is 7.20. The number of rotatable bonds is 5. The van der Waals surface area contributed by atoms with E-state index in [9.17, 15) is 0 Å². The number of nitrogens with zero attached hydrogens (tertiary/aromatic N) is 1. The van der Waals surface area contributed by atoms with E-state index in [-0.39, 0.29) is 5.41 Å². The van der Waals surface area contributed by atoms with Gasteiger partial charge in [0.05, 0.1) is 0 Å². The molecule has 1 fully saturated rings. The van der Waals surface area contributed by atoms with Gasteiger partial charge >= 0.3 is 0 Å². The van der Waals surface area contributed by atoms with Crippen molar-refractivity contribution in [2.75, 3.05) is 20.1 Å². The molecule has 0 saturated heterocycles. The molecule has 0 unspecified atom stereocenters. The minimum Gasteiger partial charge on any atom is -0.330 e. The van der Waals surface area contributed by atoms with Gasteiger partial charge in [-0.1, -0.05) is 44.2 Å². The SMILES string of the molecule is CN(CC(C)(C)CN)C1CCC(c2ccccc2)CC1. The van der Waals surface area contributed by atoms with Gasteiger partial charge in [0.1, 0.15) is 0 Å². The third-order valence-electron chi connectivity index (χ3n) is 4.82. The average molecular weight is 274 g/mol. The van der Waals surface area contributed by atoms with Crippen LogP contribution >= 0.6 is 0 Å². The fourth-order valence-electron chi connectivity index (χ4n) is 3.44. The fourth-order valence-corrected chi connectivity index (χ4v) is 3.44. The predicted octanol–water partition coefficient (Wildman–Crippen LogP) is 3.63. The van der Waals surface area contributed by atoms with Gasteiger partial charge in [-0.15, -0.1) is 0 Å². The second kappa shape index (κ2) is 6.73. The third kappa shape index (κ3) is 4.07. The van der Waals surface area contributed by atoms with Gasteiger partial charge < -0.3 is 10.6 Å². The van der Waals surface area contributed by atoms with Gasteiger partial charge in [0.2, 0.25) is 0 Å². The van der Waals surface area contributed by atoms with Crippen LogP contribution < -0.4 is 5.73 Å². The van der Waals surface area contributed by atoms with Crippen LogP contribution in [0.15, 0.2) is 30.3 Å². The fraction of sp³-hybridized carbons (Fsp3) is 0.667. The summed E-state index contributed by atoms with van der Waals surface area (Å²) in [6, 6.07) is 11.7. The van der Waals surface area contributed by atoms with Crippen molar-refractivity contribution in [2.24, 2.45) is 11.1 Å². The lowest BCUT2D eigenvalue weighted by atomic mass is 9.81. The van der Waals surface area contributed by atoms with Crippen LogP contribution in [0.25, 0.3) is 0 Å². The summed E-state index contributed by atoms with van der Waals surface area (Å²) in [5.74, 6) is 0.767. The van der Waals surface area contributed by atoms with E-state index in [2.05, 4.69) is 56.1 Å². The van der Waals surface area contributed by atoms with Gasteiger partial charge in [-0.25, -0.2) is 0 Å². The van der Waals surface area contributed by atoms with Crippen molar-refractivity contribution in [2.45, 2.75) is 51.5 Å². The van der Waals surface area contributed by atoms with Gasteiger partial charge in [-0.05, 0) is 56.2 Å². The van der Waals surface area contributed by atoms with Crippen LogP contribution in [0.5, 0.6) is 0 Å². The van der Waals surface area contributed by atoms with E-state index in [4.69, 9.17) is 5.73 Å². The first-order chi connectivity index (χ1) is 9.52. The first-order valence-corrected chi connectivity index (χ1v) is 7.97. The minimum absolute atomic E-state index is 0.227. The maximum absolute atomic E-state index is 5.86. The molecule has 0 heterocycles. The molecule has 0 bridgehead atoms. The Morgan fingerprint density at radius 2 is 1.70 bits per heavy atom. The summed E-state index contributed by atoms with van der Waals surface area (Å²) in [6.07, 6.45) is 5.28. The lowest BCUT2D eigenvalue weighted by molar-refractivity contribution is 0.131. The molecule has 0 spiro atoms. The maximum atomic E-state index is 5.86. The first-order valence-electron chi connectivity index (χ1n) is 7.97. The Labute approximate surface area is 124 Å². The number of hydrogen-bond acceptors (Lipinski definition) is 2. The molecule has 1 saturated carbocycles. The molecule has 2 nitrogen and oxygen atoms in total. The Hall–Kier alpha value is -0.860. The quantitative estimate of drug-likeness (QED) is 0.888. The molecule has 0 aromatic heterocycles. The Balaban J connectivity index is 1.85. The highest BCUT2D eigenvalue weighted by molar-refractivity contribution is 5.20. The maximum Gasteiger partial charge on any atom is 0.00928 e. The molecule has 1 aromatic carbocycles. The van der Waals surface area contributed by atoms with Crippen molar-refractivity contribution < 1.29 is 0 Å². The summed E-state index contributed by atoms with van der Waals surface area (Å²) in [7, 11) is 2.27. The Morgan fingerprint density at radius 1 is 1.10 bits per heavy atom. The van der Waals surface area contributed by atoms with Crippen LogP contribution in [0.4, 0.5) is 0 Å². The Morgan fingerprint density at radius 3 is 2.25 bits per heavy atom. The van der Waals surface area contributed by atoms with Gasteiger partial charge in [0, 0.05) is 12.6 Å². The molecular formula is C18H30N2. The summed E-state index contributed by atoms with van der Waals surface area (Å²) in [6.45, 7) is 6.39. The van der Waals surface area contributed by atoms with Crippen LogP contribution in [0, 0.1) is 5.41 Å². The largest absolute Gasteiger partial charge is 0.330 e. The second-order valence-corrected chi connectivity index (χ2v) is 7.20. The van der Waals surface area contributed by atoms with Crippen LogP contribution in [-0.4, -0.2) is 31.1 Å². The zero-order chi connectivity index (χ0) is 14.6. The molecule has 2 N–H and O–H groups in total. The topological polar surface area (TPSA) is 29.3 Å².